The molecule has 3 heterocycles. The van der Waals surface area contributed by atoms with Gasteiger partial charge in [0, 0.05) is 56.1 Å². The van der Waals surface area contributed by atoms with E-state index >= 15 is 0 Å². The molecule has 1 amide bonds. The Balaban J connectivity index is 1.40. The van der Waals surface area contributed by atoms with Crippen molar-refractivity contribution in [1.29, 1.82) is 0 Å². The predicted octanol–water partition coefficient (Wildman–Crippen LogP) is 3.39. The van der Waals surface area contributed by atoms with Crippen LogP contribution in [0.25, 0.3) is 11.4 Å². The lowest BCUT2D eigenvalue weighted by atomic mass is 9.69. The molecule has 1 spiro atoms. The summed E-state index contributed by atoms with van der Waals surface area (Å²) in [6.07, 6.45) is 12.3. The highest BCUT2D eigenvalue weighted by atomic mass is 16.3. The highest BCUT2D eigenvalue weighted by Gasteiger charge is 2.43. The molecule has 8 heteroatoms. The second kappa shape index (κ2) is 9.86. The topological polar surface area (TPSA) is 103 Å². The van der Waals surface area contributed by atoms with Gasteiger partial charge in [0.15, 0.2) is 5.82 Å². The van der Waals surface area contributed by atoms with Crippen LogP contribution in [0.5, 0.6) is 0 Å². The van der Waals surface area contributed by atoms with Crippen molar-refractivity contribution < 1.29 is 9.90 Å². The third-order valence-corrected chi connectivity index (χ3v) is 7.95. The molecule has 1 aliphatic heterocycles. The highest BCUT2D eigenvalue weighted by Crippen LogP contribution is 2.47. The lowest BCUT2D eigenvalue weighted by Crippen LogP contribution is -2.38. The fraction of sp³-hybridized carbons (Fsp3) is 0.615. The molecule has 2 aliphatic carbocycles. The number of aliphatic hydroxyl groups is 1. The van der Waals surface area contributed by atoms with Gasteiger partial charge in [-0.15, -0.1) is 0 Å². The Morgan fingerprint density at radius 1 is 1.21 bits per heavy atom. The molecule has 4 atom stereocenters. The Morgan fingerprint density at radius 3 is 2.91 bits per heavy atom. The van der Waals surface area contributed by atoms with Crippen LogP contribution in [0.1, 0.15) is 57.8 Å². The fourth-order valence-corrected chi connectivity index (χ4v) is 6.18. The molecule has 0 radical (unpaired) electrons. The van der Waals surface area contributed by atoms with Crippen LogP contribution in [0.2, 0.25) is 0 Å². The van der Waals surface area contributed by atoms with Crippen molar-refractivity contribution in [3.8, 4) is 11.4 Å². The first-order valence-electron chi connectivity index (χ1n) is 12.7. The molecule has 2 aromatic heterocycles. The summed E-state index contributed by atoms with van der Waals surface area (Å²) in [5.74, 6) is 2.68. The average Bonchev–Trinajstić information content (AvgIpc) is 3.27. The van der Waals surface area contributed by atoms with Crippen LogP contribution in [0.15, 0.2) is 30.6 Å². The number of carbonyl (C=O) groups is 1. The average molecular weight is 465 g/mol. The maximum Gasteiger partial charge on any atom is 0.222 e. The third kappa shape index (κ3) is 5.02. The normalized spacial score (nSPS) is 29.2. The van der Waals surface area contributed by atoms with Gasteiger partial charge in [-0.2, -0.15) is 0 Å². The summed E-state index contributed by atoms with van der Waals surface area (Å²) < 4.78 is 0. The lowest BCUT2D eigenvalue weighted by molar-refractivity contribution is -0.126. The van der Waals surface area contributed by atoms with E-state index in [1.165, 1.54) is 6.42 Å². The predicted molar refractivity (Wildman–Crippen MR) is 132 cm³/mol. The molecule has 0 bridgehead atoms. The zero-order chi connectivity index (χ0) is 23.5. The number of pyridine rings is 1. The Morgan fingerprint density at radius 2 is 2.12 bits per heavy atom. The van der Waals surface area contributed by atoms with Gasteiger partial charge in [-0.1, -0.05) is 6.42 Å². The highest BCUT2D eigenvalue weighted by molar-refractivity contribution is 5.78. The minimum Gasteiger partial charge on any atom is -0.393 e. The number of carbonyl (C=O) groups excluding carboxylic acids is 1. The second-order valence-electron chi connectivity index (χ2n) is 10.4. The summed E-state index contributed by atoms with van der Waals surface area (Å²) in [4.78, 5) is 28.7. The summed E-state index contributed by atoms with van der Waals surface area (Å²) in [5, 5.41) is 16.5. The van der Waals surface area contributed by atoms with Crippen LogP contribution in [0.3, 0.4) is 0 Å². The van der Waals surface area contributed by atoms with Gasteiger partial charge < -0.3 is 20.6 Å². The lowest BCUT2D eigenvalue weighted by Gasteiger charge is -2.37. The SMILES string of the molecule is CNC(=O)C1CCCC2(CCN(c3cc(NC4CCCC(O)C4)nc(-c4cccnc4)n3)C2)C1. The van der Waals surface area contributed by atoms with E-state index in [0.29, 0.717) is 5.82 Å². The zero-order valence-electron chi connectivity index (χ0n) is 20.0. The molecule has 3 fully saturated rings. The van der Waals surface area contributed by atoms with E-state index in [9.17, 15) is 9.90 Å². The zero-order valence-corrected chi connectivity index (χ0v) is 20.0. The van der Waals surface area contributed by atoms with Gasteiger partial charge in [0.25, 0.3) is 0 Å². The number of amides is 1. The number of aromatic nitrogens is 3. The summed E-state index contributed by atoms with van der Waals surface area (Å²) in [6, 6.07) is 6.16. The van der Waals surface area contributed by atoms with Crippen molar-refractivity contribution in [3.05, 3.63) is 30.6 Å². The summed E-state index contributed by atoms with van der Waals surface area (Å²) in [6.45, 7) is 1.86. The number of rotatable bonds is 5. The number of anilines is 2. The summed E-state index contributed by atoms with van der Waals surface area (Å²) in [5.41, 5.74) is 1.07. The molecule has 1 saturated heterocycles. The van der Waals surface area contributed by atoms with Gasteiger partial charge >= 0.3 is 0 Å². The first-order valence-corrected chi connectivity index (χ1v) is 12.7. The van der Waals surface area contributed by atoms with Gasteiger partial charge in [-0.25, -0.2) is 9.97 Å². The van der Waals surface area contributed by atoms with E-state index in [1.807, 2.05) is 12.1 Å². The summed E-state index contributed by atoms with van der Waals surface area (Å²) >= 11 is 0. The monoisotopic (exact) mass is 464 g/mol. The molecular weight excluding hydrogens is 428 g/mol. The molecular formula is C26H36N6O2. The fourth-order valence-electron chi connectivity index (χ4n) is 6.18. The molecule has 4 unspecified atom stereocenters. The van der Waals surface area contributed by atoms with Gasteiger partial charge in [0.2, 0.25) is 5.91 Å². The van der Waals surface area contributed by atoms with E-state index in [-0.39, 0.29) is 29.4 Å². The van der Waals surface area contributed by atoms with Gasteiger partial charge in [-0.05, 0) is 68.9 Å². The van der Waals surface area contributed by atoms with Crippen molar-refractivity contribution in [2.24, 2.45) is 11.3 Å². The molecule has 2 aromatic rings. The number of aliphatic hydroxyl groups excluding tert-OH is 1. The Kier molecular flexibility index (Phi) is 6.68. The van der Waals surface area contributed by atoms with Gasteiger partial charge in [-0.3, -0.25) is 9.78 Å². The molecule has 8 nitrogen and oxygen atoms in total. The molecule has 3 aliphatic rings. The van der Waals surface area contributed by atoms with Crippen LogP contribution in [0.4, 0.5) is 11.6 Å². The molecule has 182 valence electrons. The van der Waals surface area contributed by atoms with Crippen molar-refractivity contribution >= 4 is 17.5 Å². The van der Waals surface area contributed by atoms with E-state index in [1.54, 1.807) is 19.4 Å². The second-order valence-corrected chi connectivity index (χ2v) is 10.4. The van der Waals surface area contributed by atoms with E-state index < -0.39 is 0 Å². The van der Waals surface area contributed by atoms with Gasteiger partial charge in [0.05, 0.1) is 6.10 Å². The van der Waals surface area contributed by atoms with Crippen molar-refractivity contribution in [1.82, 2.24) is 20.3 Å². The Hall–Kier alpha value is -2.74. The van der Waals surface area contributed by atoms with E-state index in [0.717, 1.165) is 81.7 Å². The van der Waals surface area contributed by atoms with Crippen LogP contribution in [0, 0.1) is 11.3 Å². The number of hydrogen-bond donors (Lipinski definition) is 3. The quantitative estimate of drug-likeness (QED) is 0.623. The smallest absolute Gasteiger partial charge is 0.222 e. The maximum atomic E-state index is 12.3. The van der Waals surface area contributed by atoms with Crippen LogP contribution in [-0.2, 0) is 4.79 Å². The van der Waals surface area contributed by atoms with Crippen molar-refractivity contribution in [2.75, 3.05) is 30.4 Å². The number of nitrogens with one attached hydrogen (secondary N) is 2. The molecule has 3 N–H and O–H groups in total. The number of nitrogens with zero attached hydrogens (tertiary/aromatic N) is 4. The van der Waals surface area contributed by atoms with E-state index in [2.05, 4.69) is 26.6 Å². The molecule has 0 aromatic carbocycles. The third-order valence-electron chi connectivity index (χ3n) is 7.95. The Labute approximate surface area is 201 Å². The largest absolute Gasteiger partial charge is 0.393 e. The molecule has 5 rings (SSSR count). The Bertz CT molecular complexity index is 1000. The van der Waals surface area contributed by atoms with Crippen LogP contribution < -0.4 is 15.5 Å². The summed E-state index contributed by atoms with van der Waals surface area (Å²) in [7, 11) is 1.74. The molecule has 2 saturated carbocycles. The maximum absolute atomic E-state index is 12.3. The minimum absolute atomic E-state index is 0.116. The molecule has 34 heavy (non-hydrogen) atoms. The van der Waals surface area contributed by atoms with Crippen molar-refractivity contribution in [3.63, 3.8) is 0 Å². The first-order chi connectivity index (χ1) is 16.5. The van der Waals surface area contributed by atoms with Crippen LogP contribution in [-0.4, -0.2) is 58.2 Å². The number of hydrogen-bond acceptors (Lipinski definition) is 7. The standard InChI is InChI=1S/C26H36N6O2/c1-27-25(34)18-5-3-9-26(15-18)10-12-32(17-26)23-14-22(29-20-7-2-8-21(33)13-20)30-24(31-23)19-6-4-11-28-16-19/h4,6,11,14,16,18,20-21,33H,2-3,5,7-10,12-13,15,17H2,1H3,(H,27,34)(H,29,30,31). The van der Waals surface area contributed by atoms with Crippen molar-refractivity contribution in [2.45, 2.75) is 69.9 Å². The first kappa shape index (κ1) is 23.0. The van der Waals surface area contributed by atoms with E-state index in [4.69, 9.17) is 9.97 Å². The minimum atomic E-state index is -0.247. The van der Waals surface area contributed by atoms with Gasteiger partial charge in [0.1, 0.15) is 11.6 Å². The van der Waals surface area contributed by atoms with Crippen LogP contribution >= 0.6 is 0 Å².